The summed E-state index contributed by atoms with van der Waals surface area (Å²) in [4.78, 5) is 2.24. The molecule has 4 heteroatoms. The normalized spacial score (nSPS) is 14.7. The van der Waals surface area contributed by atoms with Crippen molar-refractivity contribution in [2.24, 2.45) is 0 Å². The summed E-state index contributed by atoms with van der Waals surface area (Å²) in [5.41, 5.74) is 2.67. The SMILES string of the molecule is COCCCNC(=S)N1CCCCc2ccccc21. The van der Waals surface area contributed by atoms with Crippen molar-refractivity contribution < 1.29 is 4.74 Å². The summed E-state index contributed by atoms with van der Waals surface area (Å²) >= 11 is 5.53. The predicted octanol–water partition coefficient (Wildman–Crippen LogP) is 2.74. The van der Waals surface area contributed by atoms with Crippen molar-refractivity contribution in [2.45, 2.75) is 25.7 Å². The Bertz CT molecular complexity index is 422. The summed E-state index contributed by atoms with van der Waals surface area (Å²) in [5, 5.41) is 4.17. The Kier molecular flexibility index (Phi) is 5.61. The molecule has 1 aromatic rings. The number of thiocarbonyl (C=S) groups is 1. The Labute approximate surface area is 120 Å². The van der Waals surface area contributed by atoms with Crippen LogP contribution in [-0.4, -0.2) is 31.9 Å². The van der Waals surface area contributed by atoms with Crippen molar-refractivity contribution in [3.8, 4) is 0 Å². The van der Waals surface area contributed by atoms with Crippen molar-refractivity contribution in [1.82, 2.24) is 5.32 Å². The first-order chi connectivity index (χ1) is 9.33. The van der Waals surface area contributed by atoms with Gasteiger partial charge in [0.15, 0.2) is 5.11 Å². The molecule has 0 bridgehead atoms. The van der Waals surface area contributed by atoms with Gasteiger partial charge in [-0.1, -0.05) is 18.2 Å². The molecule has 1 N–H and O–H groups in total. The molecule has 104 valence electrons. The number of anilines is 1. The van der Waals surface area contributed by atoms with Crippen LogP contribution >= 0.6 is 12.2 Å². The maximum absolute atomic E-state index is 5.53. The number of benzene rings is 1. The smallest absolute Gasteiger partial charge is 0.173 e. The number of nitrogens with zero attached hydrogens (tertiary/aromatic N) is 1. The van der Waals surface area contributed by atoms with Crippen LogP contribution in [0.2, 0.25) is 0 Å². The minimum Gasteiger partial charge on any atom is -0.385 e. The summed E-state index contributed by atoms with van der Waals surface area (Å²) in [7, 11) is 1.73. The minimum atomic E-state index is 0.770. The summed E-state index contributed by atoms with van der Waals surface area (Å²) in [6.45, 7) is 2.64. The molecule has 1 aliphatic rings. The molecule has 0 spiro atoms. The van der Waals surface area contributed by atoms with Gasteiger partial charge in [-0.2, -0.15) is 0 Å². The van der Waals surface area contributed by atoms with Crippen LogP contribution in [0.3, 0.4) is 0 Å². The highest BCUT2D eigenvalue weighted by Crippen LogP contribution is 2.25. The maximum atomic E-state index is 5.53. The first-order valence-corrected chi connectivity index (χ1v) is 7.36. The average molecular weight is 278 g/mol. The number of hydrogen-bond donors (Lipinski definition) is 1. The van der Waals surface area contributed by atoms with E-state index in [1.54, 1.807) is 7.11 Å². The molecule has 0 saturated heterocycles. The number of aryl methyl sites for hydroxylation is 1. The summed E-state index contributed by atoms with van der Waals surface area (Å²) < 4.78 is 5.05. The van der Waals surface area contributed by atoms with E-state index in [1.165, 1.54) is 24.1 Å². The van der Waals surface area contributed by atoms with Gasteiger partial charge in [-0.25, -0.2) is 0 Å². The molecule has 0 saturated carbocycles. The summed E-state index contributed by atoms with van der Waals surface area (Å²) in [6, 6.07) is 8.58. The Morgan fingerprint density at radius 1 is 1.37 bits per heavy atom. The lowest BCUT2D eigenvalue weighted by atomic mass is 10.1. The topological polar surface area (TPSA) is 24.5 Å². The number of fused-ring (bicyclic) bond motifs is 1. The van der Waals surface area contributed by atoms with Crippen molar-refractivity contribution in [2.75, 3.05) is 31.7 Å². The van der Waals surface area contributed by atoms with E-state index in [0.29, 0.717) is 0 Å². The fourth-order valence-electron chi connectivity index (χ4n) is 2.41. The van der Waals surface area contributed by atoms with Crippen LogP contribution in [0.4, 0.5) is 5.69 Å². The Balaban J connectivity index is 2.00. The molecule has 0 atom stereocenters. The quantitative estimate of drug-likeness (QED) is 0.676. The highest BCUT2D eigenvalue weighted by molar-refractivity contribution is 7.80. The first-order valence-electron chi connectivity index (χ1n) is 6.95. The van der Waals surface area contributed by atoms with Gasteiger partial charge in [-0.15, -0.1) is 0 Å². The number of nitrogens with one attached hydrogen (secondary N) is 1. The van der Waals surface area contributed by atoms with Crippen LogP contribution in [0, 0.1) is 0 Å². The zero-order valence-corrected chi connectivity index (χ0v) is 12.3. The molecular weight excluding hydrogens is 256 g/mol. The molecule has 0 amide bonds. The van der Waals surface area contributed by atoms with Crippen molar-refractivity contribution in [3.05, 3.63) is 29.8 Å². The minimum absolute atomic E-state index is 0.770. The van der Waals surface area contributed by atoms with Crippen LogP contribution < -0.4 is 10.2 Å². The monoisotopic (exact) mass is 278 g/mol. The zero-order valence-electron chi connectivity index (χ0n) is 11.5. The first kappa shape index (κ1) is 14.3. The molecule has 1 heterocycles. The number of methoxy groups -OCH3 is 1. The lowest BCUT2D eigenvalue weighted by Gasteiger charge is -2.26. The largest absolute Gasteiger partial charge is 0.385 e. The molecule has 1 aliphatic heterocycles. The van der Waals surface area contributed by atoms with Gasteiger partial charge in [0.05, 0.1) is 0 Å². The van der Waals surface area contributed by atoms with E-state index in [2.05, 4.69) is 34.5 Å². The molecule has 2 rings (SSSR count). The van der Waals surface area contributed by atoms with E-state index in [0.717, 1.165) is 37.7 Å². The van der Waals surface area contributed by atoms with Gasteiger partial charge in [0.25, 0.3) is 0 Å². The Morgan fingerprint density at radius 2 is 2.21 bits per heavy atom. The lowest BCUT2D eigenvalue weighted by Crippen LogP contribution is -2.41. The van der Waals surface area contributed by atoms with Crippen LogP contribution in [0.5, 0.6) is 0 Å². The predicted molar refractivity (Wildman–Crippen MR) is 83.8 cm³/mol. The number of hydrogen-bond acceptors (Lipinski definition) is 2. The highest BCUT2D eigenvalue weighted by Gasteiger charge is 2.17. The molecule has 0 aromatic heterocycles. The number of rotatable bonds is 4. The van der Waals surface area contributed by atoms with Gasteiger partial charge < -0.3 is 15.0 Å². The second-order valence-corrected chi connectivity index (χ2v) is 5.20. The van der Waals surface area contributed by atoms with E-state index in [1.807, 2.05) is 0 Å². The summed E-state index contributed by atoms with van der Waals surface area (Å²) in [6.07, 6.45) is 4.56. The number of para-hydroxylation sites is 1. The van der Waals surface area contributed by atoms with E-state index in [9.17, 15) is 0 Å². The van der Waals surface area contributed by atoms with Gasteiger partial charge in [-0.05, 0) is 49.5 Å². The summed E-state index contributed by atoms with van der Waals surface area (Å²) in [5.74, 6) is 0. The average Bonchev–Trinajstić information content (AvgIpc) is 2.66. The number of ether oxygens (including phenoxy) is 1. The third-order valence-corrected chi connectivity index (χ3v) is 3.77. The Morgan fingerprint density at radius 3 is 3.05 bits per heavy atom. The van der Waals surface area contributed by atoms with E-state index >= 15 is 0 Å². The van der Waals surface area contributed by atoms with Crippen LogP contribution in [0.15, 0.2) is 24.3 Å². The molecule has 0 fully saturated rings. The third-order valence-electron chi connectivity index (χ3n) is 3.41. The second-order valence-electron chi connectivity index (χ2n) is 4.82. The molecule has 19 heavy (non-hydrogen) atoms. The van der Waals surface area contributed by atoms with E-state index in [-0.39, 0.29) is 0 Å². The third kappa shape index (κ3) is 3.91. The Hall–Kier alpha value is -1.13. The molecular formula is C15H22N2OS. The van der Waals surface area contributed by atoms with Gasteiger partial charge in [0.2, 0.25) is 0 Å². The molecule has 0 radical (unpaired) electrons. The van der Waals surface area contributed by atoms with Gasteiger partial charge >= 0.3 is 0 Å². The standard InChI is InChI=1S/C15H22N2OS/c1-18-12-6-10-16-15(19)17-11-5-4-8-13-7-2-3-9-14(13)17/h2-3,7,9H,4-6,8,10-12H2,1H3,(H,16,19). The van der Waals surface area contributed by atoms with Gasteiger partial charge in [-0.3, -0.25) is 0 Å². The van der Waals surface area contributed by atoms with Crippen molar-refractivity contribution in [1.29, 1.82) is 0 Å². The molecule has 1 aromatic carbocycles. The zero-order chi connectivity index (χ0) is 13.5. The van der Waals surface area contributed by atoms with E-state index < -0.39 is 0 Å². The molecule has 3 nitrogen and oxygen atoms in total. The fraction of sp³-hybridized carbons (Fsp3) is 0.533. The van der Waals surface area contributed by atoms with Crippen LogP contribution in [0.1, 0.15) is 24.8 Å². The van der Waals surface area contributed by atoms with Crippen LogP contribution in [0.25, 0.3) is 0 Å². The maximum Gasteiger partial charge on any atom is 0.173 e. The highest BCUT2D eigenvalue weighted by atomic mass is 32.1. The van der Waals surface area contributed by atoms with Gasteiger partial charge in [0, 0.05) is 32.5 Å². The molecule has 0 unspecified atom stereocenters. The van der Waals surface area contributed by atoms with Crippen molar-refractivity contribution in [3.63, 3.8) is 0 Å². The van der Waals surface area contributed by atoms with Gasteiger partial charge in [0.1, 0.15) is 0 Å². The van der Waals surface area contributed by atoms with E-state index in [4.69, 9.17) is 17.0 Å². The van der Waals surface area contributed by atoms with Crippen molar-refractivity contribution >= 4 is 23.0 Å². The van der Waals surface area contributed by atoms with Crippen LogP contribution in [-0.2, 0) is 11.2 Å². The second kappa shape index (κ2) is 7.46. The molecule has 0 aliphatic carbocycles. The lowest BCUT2D eigenvalue weighted by molar-refractivity contribution is 0.195. The fourth-order valence-corrected chi connectivity index (χ4v) is 2.70.